The summed E-state index contributed by atoms with van der Waals surface area (Å²) in [5.41, 5.74) is -2.69. The van der Waals surface area contributed by atoms with Gasteiger partial charge in [0.05, 0.1) is 18.2 Å². The Morgan fingerprint density at radius 3 is 2.54 bits per heavy atom. The van der Waals surface area contributed by atoms with Gasteiger partial charge in [-0.2, -0.15) is 23.4 Å². The molecular formula is C17H16F3N3O3. The second-order valence-corrected chi connectivity index (χ2v) is 5.64. The van der Waals surface area contributed by atoms with E-state index in [9.17, 15) is 22.8 Å². The van der Waals surface area contributed by atoms with Crippen LogP contribution in [0, 0.1) is 12.3 Å². The zero-order chi connectivity index (χ0) is 19.4. The van der Waals surface area contributed by atoms with Crippen molar-refractivity contribution in [3.05, 3.63) is 34.9 Å². The number of halogens is 3. The maximum absolute atomic E-state index is 13.1. The fourth-order valence-corrected chi connectivity index (χ4v) is 2.35. The molecule has 0 radical (unpaired) electrons. The largest absolute Gasteiger partial charge is 0.465 e. The topological polar surface area (TPSA) is 80.1 Å². The molecule has 1 aliphatic rings. The van der Waals surface area contributed by atoms with Gasteiger partial charge in [-0.15, -0.1) is 12.3 Å². The van der Waals surface area contributed by atoms with Crippen molar-refractivity contribution in [1.82, 2.24) is 5.32 Å². The number of carbonyl (C=O) groups is 2. The predicted octanol–water partition coefficient (Wildman–Crippen LogP) is 3.19. The number of rotatable bonds is 7. The second-order valence-electron chi connectivity index (χ2n) is 5.64. The number of benzene rings is 1. The van der Waals surface area contributed by atoms with Gasteiger partial charge >= 0.3 is 12.1 Å². The van der Waals surface area contributed by atoms with Gasteiger partial charge in [0.2, 0.25) is 0 Å². The van der Waals surface area contributed by atoms with E-state index in [1.54, 1.807) is 0 Å². The highest BCUT2D eigenvalue weighted by molar-refractivity contribution is 5.97. The number of carbonyl (C=O) groups excluding carboxylic acids is 2. The van der Waals surface area contributed by atoms with Gasteiger partial charge in [0.1, 0.15) is 0 Å². The van der Waals surface area contributed by atoms with Crippen LogP contribution in [0.5, 0.6) is 0 Å². The number of amides is 1. The number of nitrogens with zero attached hydrogens (tertiary/aromatic N) is 2. The SMILES string of the molecule is C#CCCC1(CCNC(=O)c2ccc(C(=O)OC)c(C(F)(F)F)c2)N=N1. The standard InChI is InChI=1S/C17H16F3N3O3/c1-3-4-7-16(22-23-16)8-9-21-14(24)11-5-6-12(15(25)26-2)13(10-11)17(18,19)20/h1,5-6,10H,4,7-9H2,2H3,(H,21,24). The third-order valence-electron chi connectivity index (χ3n) is 3.86. The van der Waals surface area contributed by atoms with E-state index < -0.39 is 34.8 Å². The van der Waals surface area contributed by atoms with Gasteiger partial charge in [-0.25, -0.2) is 4.79 Å². The second kappa shape index (κ2) is 7.56. The molecule has 0 fully saturated rings. The molecule has 0 atom stereocenters. The Morgan fingerprint density at radius 1 is 1.31 bits per heavy atom. The molecule has 1 aromatic carbocycles. The van der Waals surface area contributed by atoms with Crippen LogP contribution in [0.15, 0.2) is 28.4 Å². The van der Waals surface area contributed by atoms with Crippen molar-refractivity contribution in [3.8, 4) is 12.3 Å². The van der Waals surface area contributed by atoms with E-state index in [1.165, 1.54) is 0 Å². The molecule has 0 unspecified atom stereocenters. The first-order valence-corrected chi connectivity index (χ1v) is 7.68. The van der Waals surface area contributed by atoms with Gasteiger partial charge in [-0.3, -0.25) is 4.79 Å². The highest BCUT2D eigenvalue weighted by atomic mass is 19.4. The first-order chi connectivity index (χ1) is 12.2. The summed E-state index contributed by atoms with van der Waals surface area (Å²) >= 11 is 0. The highest BCUT2D eigenvalue weighted by Gasteiger charge is 2.39. The van der Waals surface area contributed by atoms with Gasteiger partial charge in [0, 0.05) is 31.4 Å². The lowest BCUT2D eigenvalue weighted by molar-refractivity contribution is -0.138. The van der Waals surface area contributed by atoms with Crippen LogP contribution in [0.1, 0.15) is 45.5 Å². The van der Waals surface area contributed by atoms with Crippen LogP contribution in [0.2, 0.25) is 0 Å². The summed E-state index contributed by atoms with van der Waals surface area (Å²) in [6.45, 7) is 0.177. The lowest BCUT2D eigenvalue weighted by atomic mass is 10.0. The third-order valence-corrected chi connectivity index (χ3v) is 3.86. The summed E-state index contributed by atoms with van der Waals surface area (Å²) in [5.74, 6) is 0.654. The zero-order valence-corrected chi connectivity index (χ0v) is 13.9. The monoisotopic (exact) mass is 367 g/mol. The zero-order valence-electron chi connectivity index (χ0n) is 13.9. The molecular weight excluding hydrogens is 351 g/mol. The fourth-order valence-electron chi connectivity index (χ4n) is 2.35. The molecule has 9 heteroatoms. The van der Waals surface area contributed by atoms with E-state index in [0.29, 0.717) is 25.3 Å². The van der Waals surface area contributed by atoms with Crippen LogP contribution in [0.3, 0.4) is 0 Å². The summed E-state index contributed by atoms with van der Waals surface area (Å²) in [6.07, 6.45) is 1.84. The number of methoxy groups -OCH3 is 1. The van der Waals surface area contributed by atoms with Gasteiger partial charge < -0.3 is 10.1 Å². The smallest absolute Gasteiger partial charge is 0.417 e. The quantitative estimate of drug-likeness (QED) is 0.594. The number of nitrogens with one attached hydrogen (secondary N) is 1. The van der Waals surface area contributed by atoms with E-state index in [-0.39, 0.29) is 12.1 Å². The van der Waals surface area contributed by atoms with E-state index in [1.807, 2.05) is 0 Å². The van der Waals surface area contributed by atoms with Crippen molar-refractivity contribution >= 4 is 11.9 Å². The average molecular weight is 367 g/mol. The Balaban J connectivity index is 2.05. The first kappa shape index (κ1) is 19.4. The van der Waals surface area contributed by atoms with Gasteiger partial charge in [-0.05, 0) is 18.2 Å². The molecule has 6 nitrogen and oxygen atoms in total. The van der Waals surface area contributed by atoms with E-state index in [0.717, 1.165) is 19.2 Å². The van der Waals surface area contributed by atoms with Crippen molar-refractivity contribution < 1.29 is 27.5 Å². The maximum atomic E-state index is 13.1. The lowest BCUT2D eigenvalue weighted by Crippen LogP contribution is -2.28. The molecule has 1 N–H and O–H groups in total. The summed E-state index contributed by atoms with van der Waals surface area (Å²) in [4.78, 5) is 23.6. The van der Waals surface area contributed by atoms with E-state index >= 15 is 0 Å². The van der Waals surface area contributed by atoms with E-state index in [4.69, 9.17) is 6.42 Å². The summed E-state index contributed by atoms with van der Waals surface area (Å²) < 4.78 is 43.8. The molecule has 1 aliphatic heterocycles. The van der Waals surface area contributed by atoms with Gasteiger partial charge in [0.15, 0.2) is 5.66 Å². The van der Waals surface area contributed by atoms with Crippen molar-refractivity contribution in [2.45, 2.75) is 31.1 Å². The van der Waals surface area contributed by atoms with Crippen LogP contribution in [0.25, 0.3) is 0 Å². The fraction of sp³-hybridized carbons (Fsp3) is 0.412. The van der Waals surface area contributed by atoms with E-state index in [2.05, 4.69) is 26.2 Å². The first-order valence-electron chi connectivity index (χ1n) is 7.68. The van der Waals surface area contributed by atoms with Crippen LogP contribution in [-0.4, -0.2) is 31.2 Å². The molecule has 1 aromatic rings. The molecule has 0 saturated carbocycles. The normalized spacial score (nSPS) is 14.4. The molecule has 0 aliphatic carbocycles. The molecule has 2 rings (SSSR count). The van der Waals surface area contributed by atoms with Crippen LogP contribution in [0.4, 0.5) is 13.2 Å². The minimum absolute atomic E-state index is 0.177. The molecule has 0 saturated heterocycles. The Hall–Kier alpha value is -2.89. The van der Waals surface area contributed by atoms with Gasteiger partial charge in [-0.1, -0.05) is 0 Å². The summed E-state index contributed by atoms with van der Waals surface area (Å²) in [7, 11) is 0.979. The van der Waals surface area contributed by atoms with Crippen molar-refractivity contribution in [3.63, 3.8) is 0 Å². The number of hydrogen-bond acceptors (Lipinski definition) is 5. The molecule has 0 spiro atoms. The number of esters is 1. The Kier molecular flexibility index (Phi) is 5.65. The number of ether oxygens (including phenoxy) is 1. The number of hydrogen-bond donors (Lipinski definition) is 1. The van der Waals surface area contributed by atoms with Crippen molar-refractivity contribution in [2.24, 2.45) is 10.2 Å². The summed E-state index contributed by atoms with van der Waals surface area (Å²) in [6, 6.07) is 2.68. The molecule has 0 bridgehead atoms. The molecule has 1 amide bonds. The Labute approximate surface area is 147 Å². The van der Waals surface area contributed by atoms with Crippen molar-refractivity contribution in [2.75, 3.05) is 13.7 Å². The number of terminal acetylenes is 1. The van der Waals surface area contributed by atoms with Crippen LogP contribution < -0.4 is 5.32 Å². The molecule has 138 valence electrons. The summed E-state index contributed by atoms with van der Waals surface area (Å²) in [5, 5.41) is 10.3. The highest BCUT2D eigenvalue weighted by Crippen LogP contribution is 2.36. The Morgan fingerprint density at radius 2 is 2.00 bits per heavy atom. The molecule has 1 heterocycles. The predicted molar refractivity (Wildman–Crippen MR) is 85.4 cm³/mol. The van der Waals surface area contributed by atoms with Crippen molar-refractivity contribution in [1.29, 1.82) is 0 Å². The third kappa shape index (κ3) is 4.59. The minimum atomic E-state index is -4.80. The Bertz CT molecular complexity index is 776. The minimum Gasteiger partial charge on any atom is -0.465 e. The molecule has 0 aromatic heterocycles. The number of alkyl halides is 3. The van der Waals surface area contributed by atoms with Crippen LogP contribution in [-0.2, 0) is 10.9 Å². The average Bonchev–Trinajstić information content (AvgIpc) is 3.38. The van der Waals surface area contributed by atoms with Crippen LogP contribution >= 0.6 is 0 Å². The molecule has 26 heavy (non-hydrogen) atoms. The maximum Gasteiger partial charge on any atom is 0.417 e. The van der Waals surface area contributed by atoms with Gasteiger partial charge in [0.25, 0.3) is 5.91 Å². The lowest BCUT2D eigenvalue weighted by Gasteiger charge is -2.14.